The van der Waals surface area contributed by atoms with Gasteiger partial charge >= 0.3 is 0 Å². The first-order valence-corrected chi connectivity index (χ1v) is 7.89. The molecule has 0 aliphatic carbocycles. The van der Waals surface area contributed by atoms with Crippen molar-refractivity contribution >= 4 is 11.6 Å². The summed E-state index contributed by atoms with van der Waals surface area (Å²) < 4.78 is 6.04. The Bertz CT molecular complexity index is 551. The first kappa shape index (κ1) is 17.0. The monoisotopic (exact) mass is 323 g/mol. The number of hydrogen-bond donors (Lipinski definition) is 2. The van der Waals surface area contributed by atoms with Crippen molar-refractivity contribution in [1.29, 1.82) is 5.26 Å². The lowest BCUT2D eigenvalue weighted by molar-refractivity contribution is 0.0639. The van der Waals surface area contributed by atoms with E-state index in [4.69, 9.17) is 27.3 Å². The lowest BCUT2D eigenvalue weighted by Crippen LogP contribution is -2.43. The molecule has 1 aromatic carbocycles. The highest BCUT2D eigenvalue weighted by molar-refractivity contribution is 6.32. The van der Waals surface area contributed by atoms with Crippen LogP contribution in [0.4, 0.5) is 0 Å². The fraction of sp³-hybridized carbons (Fsp3) is 0.562. The number of likely N-dealkylation sites (tertiary alicyclic amines) is 1. The Morgan fingerprint density at radius 3 is 2.77 bits per heavy atom. The van der Waals surface area contributed by atoms with E-state index >= 15 is 0 Å². The average molecular weight is 324 g/mol. The molecule has 6 heteroatoms. The number of aliphatic hydroxyl groups is 1. The van der Waals surface area contributed by atoms with Gasteiger partial charge in [0.2, 0.25) is 0 Å². The predicted octanol–water partition coefficient (Wildman–Crippen LogP) is 1.68. The van der Waals surface area contributed by atoms with Crippen molar-refractivity contribution in [3.8, 4) is 11.8 Å². The molecule has 1 aliphatic heterocycles. The van der Waals surface area contributed by atoms with E-state index in [0.717, 1.165) is 37.2 Å². The molecule has 5 nitrogen and oxygen atoms in total. The number of halogens is 1. The molecular weight excluding hydrogens is 302 g/mol. The average Bonchev–Trinajstić information content (AvgIpc) is 2.53. The third kappa shape index (κ3) is 4.11. The third-order valence-corrected chi connectivity index (χ3v) is 4.51. The number of rotatable bonds is 5. The minimum absolute atomic E-state index is 0.133. The van der Waals surface area contributed by atoms with Crippen LogP contribution < -0.4 is 10.5 Å². The number of β-amino-alcohol motifs (C(OH)–C–C–N with tert-alkyl or cyclic N) is 1. The van der Waals surface area contributed by atoms with Crippen LogP contribution in [0, 0.1) is 18.3 Å². The summed E-state index contributed by atoms with van der Waals surface area (Å²) >= 11 is 6.16. The normalized spacial score (nSPS) is 18.0. The predicted molar refractivity (Wildman–Crippen MR) is 86.1 cm³/mol. The van der Waals surface area contributed by atoms with Crippen molar-refractivity contribution < 1.29 is 9.84 Å². The fourth-order valence-electron chi connectivity index (χ4n) is 2.64. The van der Waals surface area contributed by atoms with Crippen molar-refractivity contribution in [3.63, 3.8) is 0 Å². The van der Waals surface area contributed by atoms with Crippen LogP contribution in [-0.2, 0) is 0 Å². The van der Waals surface area contributed by atoms with Gasteiger partial charge in [0.15, 0.2) is 0 Å². The maximum Gasteiger partial charge on any atom is 0.124 e. The second-order valence-electron chi connectivity index (χ2n) is 5.67. The lowest BCUT2D eigenvalue weighted by atomic mass is 10.1. The summed E-state index contributed by atoms with van der Waals surface area (Å²) in [5.41, 5.74) is 6.71. The summed E-state index contributed by atoms with van der Waals surface area (Å²) in [6, 6.07) is 5.57. The van der Waals surface area contributed by atoms with Gasteiger partial charge in [-0.2, -0.15) is 5.26 Å². The summed E-state index contributed by atoms with van der Waals surface area (Å²) in [6.45, 7) is 4.53. The summed E-state index contributed by atoms with van der Waals surface area (Å²) in [4.78, 5) is 2.20. The van der Waals surface area contributed by atoms with Gasteiger partial charge in [0.05, 0.1) is 16.7 Å². The van der Waals surface area contributed by atoms with Gasteiger partial charge < -0.3 is 20.5 Å². The van der Waals surface area contributed by atoms with Gasteiger partial charge in [-0.15, -0.1) is 0 Å². The topological polar surface area (TPSA) is 82.5 Å². The highest BCUT2D eigenvalue weighted by Crippen LogP contribution is 2.30. The molecule has 0 unspecified atom stereocenters. The first-order chi connectivity index (χ1) is 10.5. The van der Waals surface area contributed by atoms with E-state index in [-0.39, 0.29) is 6.10 Å². The van der Waals surface area contributed by atoms with Crippen LogP contribution in [0.5, 0.6) is 5.75 Å². The standard InChI is InChI=1S/C16H22ClN3O2/c1-11-15(3-2-12(8-18)16(11)17)22-14-4-6-20(7-5-14)10-13(21)9-19/h2-3,13-14,21H,4-7,9-10,19H2,1H3/t13-/m0/s1. The Labute approximate surface area is 136 Å². The number of piperidine rings is 1. The maximum atomic E-state index is 9.59. The smallest absolute Gasteiger partial charge is 0.124 e. The Balaban J connectivity index is 1.92. The summed E-state index contributed by atoms with van der Waals surface area (Å²) in [5.74, 6) is 0.740. The van der Waals surface area contributed by atoms with E-state index < -0.39 is 6.10 Å². The van der Waals surface area contributed by atoms with Gasteiger partial charge in [0.25, 0.3) is 0 Å². The molecule has 0 saturated carbocycles. The van der Waals surface area contributed by atoms with E-state index in [2.05, 4.69) is 11.0 Å². The first-order valence-electron chi connectivity index (χ1n) is 7.51. The molecule has 1 heterocycles. The molecule has 0 amide bonds. The van der Waals surface area contributed by atoms with Gasteiger partial charge in [-0.25, -0.2) is 0 Å². The number of hydrogen-bond acceptors (Lipinski definition) is 5. The molecule has 120 valence electrons. The molecule has 1 aromatic rings. The van der Waals surface area contributed by atoms with E-state index in [1.165, 1.54) is 0 Å². The molecule has 22 heavy (non-hydrogen) atoms. The zero-order valence-electron chi connectivity index (χ0n) is 12.8. The van der Waals surface area contributed by atoms with E-state index in [0.29, 0.717) is 23.7 Å². The molecular formula is C16H22ClN3O2. The molecule has 0 aromatic heterocycles. The second kappa shape index (κ2) is 7.80. The van der Waals surface area contributed by atoms with Gasteiger partial charge in [-0.1, -0.05) is 11.6 Å². The van der Waals surface area contributed by atoms with Crippen molar-refractivity contribution in [2.75, 3.05) is 26.2 Å². The number of ether oxygens (including phenoxy) is 1. The second-order valence-corrected chi connectivity index (χ2v) is 6.05. The van der Waals surface area contributed by atoms with Crippen LogP contribution in [0.1, 0.15) is 24.0 Å². The summed E-state index contributed by atoms with van der Waals surface area (Å²) in [5, 5.41) is 19.0. The van der Waals surface area contributed by atoms with Gasteiger partial charge in [0.1, 0.15) is 17.9 Å². The molecule has 0 bridgehead atoms. The highest BCUT2D eigenvalue weighted by Gasteiger charge is 2.22. The highest BCUT2D eigenvalue weighted by atomic mass is 35.5. The molecule has 1 fully saturated rings. The van der Waals surface area contributed by atoms with Crippen LogP contribution in [0.2, 0.25) is 5.02 Å². The zero-order chi connectivity index (χ0) is 16.1. The van der Waals surface area contributed by atoms with Crippen LogP contribution in [-0.4, -0.2) is 48.4 Å². The lowest BCUT2D eigenvalue weighted by Gasteiger charge is -2.33. The maximum absolute atomic E-state index is 9.59. The van der Waals surface area contributed by atoms with E-state index in [9.17, 15) is 5.11 Å². The number of nitrogens with two attached hydrogens (primary N) is 1. The summed E-state index contributed by atoms with van der Waals surface area (Å²) in [7, 11) is 0. The number of benzene rings is 1. The Kier molecular flexibility index (Phi) is 6.04. The number of nitrogens with zero attached hydrogens (tertiary/aromatic N) is 2. The summed E-state index contributed by atoms with van der Waals surface area (Å²) in [6.07, 6.45) is 1.47. The Hall–Kier alpha value is -1.32. The minimum Gasteiger partial charge on any atom is -0.490 e. The number of nitriles is 1. The molecule has 0 radical (unpaired) electrons. The zero-order valence-corrected chi connectivity index (χ0v) is 13.5. The van der Waals surface area contributed by atoms with Crippen LogP contribution >= 0.6 is 11.6 Å². The van der Waals surface area contributed by atoms with Crippen LogP contribution in [0.25, 0.3) is 0 Å². The van der Waals surface area contributed by atoms with Crippen molar-refractivity contribution in [2.45, 2.75) is 32.0 Å². The third-order valence-electron chi connectivity index (χ3n) is 4.03. The molecule has 1 atom stereocenters. The SMILES string of the molecule is Cc1c(OC2CCN(C[C@@H](O)CN)CC2)ccc(C#N)c1Cl. The van der Waals surface area contributed by atoms with E-state index in [1.54, 1.807) is 6.07 Å². The minimum atomic E-state index is -0.461. The quantitative estimate of drug-likeness (QED) is 0.861. The molecule has 0 spiro atoms. The van der Waals surface area contributed by atoms with Gasteiger partial charge in [-0.3, -0.25) is 0 Å². The largest absolute Gasteiger partial charge is 0.490 e. The van der Waals surface area contributed by atoms with Crippen LogP contribution in [0.15, 0.2) is 12.1 Å². The molecule has 3 N–H and O–H groups in total. The van der Waals surface area contributed by atoms with Crippen molar-refractivity contribution in [2.24, 2.45) is 5.73 Å². The Morgan fingerprint density at radius 1 is 1.50 bits per heavy atom. The fourth-order valence-corrected chi connectivity index (χ4v) is 2.84. The van der Waals surface area contributed by atoms with Gasteiger partial charge in [-0.05, 0) is 31.9 Å². The van der Waals surface area contributed by atoms with Gasteiger partial charge in [0, 0.05) is 31.7 Å². The molecule has 1 aliphatic rings. The van der Waals surface area contributed by atoms with Crippen molar-refractivity contribution in [3.05, 3.63) is 28.3 Å². The Morgan fingerprint density at radius 2 is 2.18 bits per heavy atom. The van der Waals surface area contributed by atoms with Crippen LogP contribution in [0.3, 0.4) is 0 Å². The van der Waals surface area contributed by atoms with E-state index in [1.807, 2.05) is 13.0 Å². The molecule has 2 rings (SSSR count). The number of aliphatic hydroxyl groups excluding tert-OH is 1. The molecule has 1 saturated heterocycles. The van der Waals surface area contributed by atoms with Crippen molar-refractivity contribution in [1.82, 2.24) is 4.90 Å².